The molecule has 0 fully saturated rings. The fourth-order valence-electron chi connectivity index (χ4n) is 1.29. The van der Waals surface area contributed by atoms with Crippen LogP contribution in [0.25, 0.3) is 5.57 Å². The number of esters is 1. The molecule has 0 unspecified atom stereocenters. The first-order valence-electron chi connectivity index (χ1n) is 4.83. The number of carbonyl (C=O) groups is 1. The Morgan fingerprint density at radius 2 is 2.25 bits per heavy atom. The summed E-state index contributed by atoms with van der Waals surface area (Å²) >= 11 is 0. The van der Waals surface area contributed by atoms with E-state index in [4.69, 9.17) is 15.7 Å². The Balaban J connectivity index is 3.16. The molecule has 0 aromatic heterocycles. The molecule has 4 nitrogen and oxygen atoms in total. The van der Waals surface area contributed by atoms with Gasteiger partial charge in [-0.15, -0.1) is 0 Å². The topological polar surface area (TPSA) is 76.1 Å². The minimum Gasteiger partial charge on any atom is -0.462 e. The third-order valence-corrected chi connectivity index (χ3v) is 2.00. The second-order valence-corrected chi connectivity index (χ2v) is 2.96. The average molecular weight is 216 g/mol. The normalized spacial score (nSPS) is 10.6. The van der Waals surface area contributed by atoms with Crippen molar-refractivity contribution >= 4 is 11.5 Å². The van der Waals surface area contributed by atoms with Crippen LogP contribution in [0, 0.1) is 11.3 Å². The van der Waals surface area contributed by atoms with Crippen molar-refractivity contribution < 1.29 is 9.53 Å². The summed E-state index contributed by atoms with van der Waals surface area (Å²) in [7, 11) is 0. The van der Waals surface area contributed by atoms with E-state index in [2.05, 4.69) is 0 Å². The molecule has 16 heavy (non-hydrogen) atoms. The number of nitrogens with zero attached hydrogens (tertiary/aromatic N) is 1. The van der Waals surface area contributed by atoms with E-state index < -0.39 is 5.97 Å². The van der Waals surface area contributed by atoms with E-state index in [1.807, 2.05) is 6.07 Å². The molecule has 1 aromatic carbocycles. The Kier molecular flexibility index (Phi) is 4.10. The fraction of sp³-hybridized carbons (Fsp3) is 0.167. The molecule has 0 aliphatic carbocycles. The van der Waals surface area contributed by atoms with Crippen molar-refractivity contribution in [2.75, 3.05) is 6.61 Å². The van der Waals surface area contributed by atoms with Crippen molar-refractivity contribution in [3.8, 4) is 6.07 Å². The maximum absolute atomic E-state index is 11.6. The average Bonchev–Trinajstić information content (AvgIpc) is 2.31. The van der Waals surface area contributed by atoms with Crippen LogP contribution in [0.15, 0.2) is 30.5 Å². The zero-order valence-corrected chi connectivity index (χ0v) is 8.93. The highest BCUT2D eigenvalue weighted by Gasteiger charge is 2.15. The first kappa shape index (κ1) is 11.8. The highest BCUT2D eigenvalue weighted by Crippen LogP contribution is 2.19. The summed E-state index contributed by atoms with van der Waals surface area (Å²) in [4.78, 5) is 11.6. The lowest BCUT2D eigenvalue weighted by atomic mass is 10.0. The molecule has 82 valence electrons. The third kappa shape index (κ3) is 2.39. The van der Waals surface area contributed by atoms with Gasteiger partial charge in [0.25, 0.3) is 0 Å². The zero-order valence-electron chi connectivity index (χ0n) is 8.93. The van der Waals surface area contributed by atoms with Crippen LogP contribution in [0.1, 0.15) is 18.1 Å². The summed E-state index contributed by atoms with van der Waals surface area (Å²) < 4.78 is 4.85. The fourth-order valence-corrected chi connectivity index (χ4v) is 1.29. The molecule has 0 aliphatic heterocycles. The number of nitriles is 1. The number of rotatable bonds is 3. The lowest BCUT2D eigenvalue weighted by Gasteiger charge is -2.07. The minimum atomic E-state index is -0.521. The summed E-state index contributed by atoms with van der Waals surface area (Å²) in [5.74, 6) is -0.521. The highest BCUT2D eigenvalue weighted by atomic mass is 16.5. The van der Waals surface area contributed by atoms with E-state index in [9.17, 15) is 4.79 Å². The second-order valence-electron chi connectivity index (χ2n) is 2.96. The Morgan fingerprint density at radius 1 is 1.56 bits per heavy atom. The summed E-state index contributed by atoms with van der Waals surface area (Å²) in [6.07, 6.45) is 1.16. The molecule has 2 N–H and O–H groups in total. The lowest BCUT2D eigenvalue weighted by molar-refractivity contribution is -0.136. The van der Waals surface area contributed by atoms with E-state index in [1.165, 1.54) is 0 Å². The van der Waals surface area contributed by atoms with Crippen LogP contribution in [0.2, 0.25) is 0 Å². The maximum atomic E-state index is 11.6. The summed E-state index contributed by atoms with van der Waals surface area (Å²) in [5, 5.41) is 8.90. The van der Waals surface area contributed by atoms with Gasteiger partial charge >= 0.3 is 5.97 Å². The molecule has 0 heterocycles. The van der Waals surface area contributed by atoms with Crippen LogP contribution in [0.3, 0.4) is 0 Å². The van der Waals surface area contributed by atoms with Gasteiger partial charge in [0.2, 0.25) is 0 Å². The van der Waals surface area contributed by atoms with Crippen molar-refractivity contribution in [3.05, 3.63) is 41.6 Å². The Bertz CT molecular complexity index is 458. The van der Waals surface area contributed by atoms with Gasteiger partial charge in [-0.2, -0.15) is 5.26 Å². The van der Waals surface area contributed by atoms with E-state index in [-0.39, 0.29) is 12.2 Å². The van der Waals surface area contributed by atoms with Gasteiger partial charge in [0.1, 0.15) is 0 Å². The molecule has 4 heteroatoms. The van der Waals surface area contributed by atoms with Crippen LogP contribution in [0.4, 0.5) is 0 Å². The van der Waals surface area contributed by atoms with E-state index >= 15 is 0 Å². The zero-order chi connectivity index (χ0) is 12.0. The molecular weight excluding hydrogens is 204 g/mol. The maximum Gasteiger partial charge on any atom is 0.340 e. The minimum absolute atomic E-state index is 0.207. The summed E-state index contributed by atoms with van der Waals surface area (Å²) in [6, 6.07) is 8.75. The SMILES string of the molecule is CCOC(=O)/C(=C/N)c1ccccc1C#N. The molecule has 0 radical (unpaired) electrons. The third-order valence-electron chi connectivity index (χ3n) is 2.00. The second kappa shape index (κ2) is 5.56. The van der Waals surface area contributed by atoms with Gasteiger partial charge in [0.05, 0.1) is 23.8 Å². The van der Waals surface area contributed by atoms with Gasteiger partial charge in [-0.3, -0.25) is 0 Å². The monoisotopic (exact) mass is 216 g/mol. The largest absolute Gasteiger partial charge is 0.462 e. The van der Waals surface area contributed by atoms with Crippen LogP contribution >= 0.6 is 0 Å². The van der Waals surface area contributed by atoms with Crippen LogP contribution < -0.4 is 5.73 Å². The first-order valence-corrected chi connectivity index (χ1v) is 4.83. The number of hydrogen-bond acceptors (Lipinski definition) is 4. The van der Waals surface area contributed by atoms with Gasteiger partial charge in [0, 0.05) is 11.8 Å². The van der Waals surface area contributed by atoms with Crippen molar-refractivity contribution in [2.45, 2.75) is 6.92 Å². The van der Waals surface area contributed by atoms with Crippen molar-refractivity contribution in [3.63, 3.8) is 0 Å². The lowest BCUT2D eigenvalue weighted by Crippen LogP contribution is -2.09. The number of hydrogen-bond donors (Lipinski definition) is 1. The summed E-state index contributed by atoms with van der Waals surface area (Å²) in [5.41, 5.74) is 6.48. The first-order chi connectivity index (χ1) is 7.74. The van der Waals surface area contributed by atoms with E-state index in [0.29, 0.717) is 11.1 Å². The predicted octanol–water partition coefficient (Wildman–Crippen LogP) is 1.42. The number of carbonyl (C=O) groups excluding carboxylic acids is 1. The molecule has 1 rings (SSSR count). The smallest absolute Gasteiger partial charge is 0.340 e. The highest BCUT2D eigenvalue weighted by molar-refractivity contribution is 6.17. The quantitative estimate of drug-likeness (QED) is 0.612. The van der Waals surface area contributed by atoms with Crippen molar-refractivity contribution in [2.24, 2.45) is 5.73 Å². The van der Waals surface area contributed by atoms with E-state index in [1.54, 1.807) is 31.2 Å². The van der Waals surface area contributed by atoms with Crippen molar-refractivity contribution in [1.82, 2.24) is 0 Å². The molecular formula is C12H12N2O2. The van der Waals surface area contributed by atoms with E-state index in [0.717, 1.165) is 6.20 Å². The Labute approximate surface area is 93.9 Å². The molecule has 0 amide bonds. The van der Waals surface area contributed by atoms with Crippen LogP contribution in [-0.2, 0) is 9.53 Å². The molecule has 0 aliphatic rings. The van der Waals surface area contributed by atoms with Gasteiger partial charge in [-0.1, -0.05) is 18.2 Å². The molecule has 0 saturated carbocycles. The molecule has 0 spiro atoms. The number of ether oxygens (including phenoxy) is 1. The molecule has 0 atom stereocenters. The van der Waals surface area contributed by atoms with Gasteiger partial charge in [0.15, 0.2) is 0 Å². The van der Waals surface area contributed by atoms with Crippen LogP contribution in [0.5, 0.6) is 0 Å². The summed E-state index contributed by atoms with van der Waals surface area (Å²) in [6.45, 7) is 1.98. The molecule has 0 saturated heterocycles. The Morgan fingerprint density at radius 3 is 2.81 bits per heavy atom. The molecule has 0 bridgehead atoms. The Hall–Kier alpha value is -2.28. The van der Waals surface area contributed by atoms with Crippen molar-refractivity contribution in [1.29, 1.82) is 5.26 Å². The van der Waals surface area contributed by atoms with Crippen LogP contribution in [-0.4, -0.2) is 12.6 Å². The standard InChI is InChI=1S/C12H12N2O2/c1-2-16-12(15)11(8-14)10-6-4-3-5-9(10)7-13/h3-6,8H,2,14H2,1H3/b11-8+. The number of nitrogens with two attached hydrogens (primary N) is 1. The van der Waals surface area contributed by atoms with Gasteiger partial charge in [-0.05, 0) is 13.0 Å². The van der Waals surface area contributed by atoms with Gasteiger partial charge in [-0.25, -0.2) is 4.79 Å². The van der Waals surface area contributed by atoms with Gasteiger partial charge < -0.3 is 10.5 Å². The molecule has 1 aromatic rings. The number of benzene rings is 1. The predicted molar refractivity (Wildman–Crippen MR) is 60.0 cm³/mol.